The Balaban J connectivity index is 2.92. The first-order valence-corrected chi connectivity index (χ1v) is 8.33. The fourth-order valence-corrected chi connectivity index (χ4v) is 2.64. The van der Waals surface area contributed by atoms with Crippen molar-refractivity contribution >= 4 is 0 Å². The summed E-state index contributed by atoms with van der Waals surface area (Å²) in [7, 11) is 2.25. The van der Waals surface area contributed by atoms with Gasteiger partial charge >= 0.3 is 0 Å². The van der Waals surface area contributed by atoms with E-state index in [1.807, 2.05) is 0 Å². The first-order chi connectivity index (χ1) is 9.85. The lowest BCUT2D eigenvalue weighted by molar-refractivity contribution is 0.118. The molecule has 2 nitrogen and oxygen atoms in total. The summed E-state index contributed by atoms with van der Waals surface area (Å²) < 4.78 is 0. The number of nitrogens with zero attached hydrogens (tertiary/aromatic N) is 1. The Morgan fingerprint density at radius 2 is 1.67 bits per heavy atom. The van der Waals surface area contributed by atoms with E-state index in [0.29, 0.717) is 0 Å². The Morgan fingerprint density at radius 3 is 2.19 bits per heavy atom. The Labute approximate surface area is 131 Å². The summed E-state index contributed by atoms with van der Waals surface area (Å²) in [4.78, 5) is 2.51. The zero-order chi connectivity index (χ0) is 15.9. The third-order valence-corrected chi connectivity index (χ3v) is 4.90. The maximum Gasteiger partial charge on any atom is 0.0177 e. The molecule has 1 unspecified atom stereocenters. The van der Waals surface area contributed by atoms with Crippen molar-refractivity contribution in [2.24, 2.45) is 0 Å². The van der Waals surface area contributed by atoms with Crippen LogP contribution in [0.5, 0.6) is 0 Å². The Hall–Kier alpha value is -0.860. The van der Waals surface area contributed by atoms with Crippen molar-refractivity contribution in [2.45, 2.75) is 58.4 Å². The van der Waals surface area contributed by atoms with Crippen LogP contribution in [0, 0.1) is 0 Å². The molecule has 0 aromatic heterocycles. The van der Waals surface area contributed by atoms with Gasteiger partial charge in [0.1, 0.15) is 0 Å². The van der Waals surface area contributed by atoms with Gasteiger partial charge in [0.15, 0.2) is 0 Å². The smallest absolute Gasteiger partial charge is 0.0177 e. The minimum absolute atomic E-state index is 0.137. The molecule has 0 aliphatic carbocycles. The number of hydrogen-bond acceptors (Lipinski definition) is 2. The minimum Gasteiger partial charge on any atom is -0.316 e. The molecule has 0 amide bonds. The average Bonchev–Trinajstić information content (AvgIpc) is 2.48. The Bertz CT molecular complexity index is 399. The van der Waals surface area contributed by atoms with Gasteiger partial charge in [-0.15, -0.1) is 0 Å². The molecule has 0 aliphatic rings. The van der Waals surface area contributed by atoms with Gasteiger partial charge in [-0.3, -0.25) is 0 Å². The molecule has 1 aromatic carbocycles. The molecule has 21 heavy (non-hydrogen) atoms. The predicted octanol–water partition coefficient (Wildman–Crippen LogP) is 4.06. The molecule has 1 rings (SSSR count). The average molecular weight is 290 g/mol. The van der Waals surface area contributed by atoms with Crippen LogP contribution in [0.1, 0.15) is 53.0 Å². The number of rotatable bonds is 9. The molecule has 1 aromatic rings. The van der Waals surface area contributed by atoms with Crippen LogP contribution < -0.4 is 5.32 Å². The van der Waals surface area contributed by atoms with E-state index in [-0.39, 0.29) is 11.0 Å². The lowest BCUT2D eigenvalue weighted by atomic mass is 9.80. The van der Waals surface area contributed by atoms with E-state index in [9.17, 15) is 0 Å². The second-order valence-electron chi connectivity index (χ2n) is 7.13. The van der Waals surface area contributed by atoms with Crippen molar-refractivity contribution in [1.29, 1.82) is 0 Å². The lowest BCUT2D eigenvalue weighted by Crippen LogP contribution is -2.50. The van der Waals surface area contributed by atoms with Crippen molar-refractivity contribution in [2.75, 3.05) is 26.7 Å². The van der Waals surface area contributed by atoms with Crippen LogP contribution in [-0.4, -0.2) is 37.1 Å². The van der Waals surface area contributed by atoms with E-state index >= 15 is 0 Å². The summed E-state index contributed by atoms with van der Waals surface area (Å²) in [6.45, 7) is 14.7. The number of hydrogen-bond donors (Lipinski definition) is 1. The van der Waals surface area contributed by atoms with Crippen LogP contribution in [0.15, 0.2) is 30.3 Å². The normalized spacial score (nSPS) is 15.2. The van der Waals surface area contributed by atoms with Gasteiger partial charge in [-0.1, -0.05) is 51.1 Å². The highest BCUT2D eigenvalue weighted by atomic mass is 15.2. The quantitative estimate of drug-likeness (QED) is 0.690. The summed E-state index contributed by atoms with van der Waals surface area (Å²) in [6.07, 6.45) is 2.35. The molecule has 1 N–H and O–H groups in total. The standard InChI is InChI=1S/C19H34N2/c1-7-14-20-15-19(5,17-12-10-9-11-13-17)16-21(6)18(3,4)8-2/h9-13,20H,7-8,14-16H2,1-6H3. The van der Waals surface area contributed by atoms with Gasteiger partial charge < -0.3 is 10.2 Å². The predicted molar refractivity (Wildman–Crippen MR) is 94.0 cm³/mol. The molecule has 120 valence electrons. The Morgan fingerprint density at radius 1 is 1.05 bits per heavy atom. The number of benzene rings is 1. The van der Waals surface area contributed by atoms with Gasteiger partial charge in [0.25, 0.3) is 0 Å². The minimum atomic E-state index is 0.137. The molecule has 0 heterocycles. The summed E-state index contributed by atoms with van der Waals surface area (Å²) in [5.74, 6) is 0. The molecule has 0 saturated carbocycles. The first kappa shape index (κ1) is 18.2. The van der Waals surface area contributed by atoms with Crippen molar-refractivity contribution in [3.8, 4) is 0 Å². The van der Waals surface area contributed by atoms with Crippen LogP contribution >= 0.6 is 0 Å². The van der Waals surface area contributed by atoms with Crippen LogP contribution in [0.25, 0.3) is 0 Å². The summed E-state index contributed by atoms with van der Waals surface area (Å²) >= 11 is 0. The van der Waals surface area contributed by atoms with Crippen molar-refractivity contribution in [1.82, 2.24) is 10.2 Å². The van der Waals surface area contributed by atoms with E-state index in [1.54, 1.807) is 0 Å². The summed E-state index contributed by atoms with van der Waals surface area (Å²) in [5.41, 5.74) is 1.80. The third-order valence-electron chi connectivity index (χ3n) is 4.90. The largest absolute Gasteiger partial charge is 0.316 e. The second-order valence-corrected chi connectivity index (χ2v) is 7.13. The van der Waals surface area contributed by atoms with Gasteiger partial charge in [-0.25, -0.2) is 0 Å². The highest BCUT2D eigenvalue weighted by Crippen LogP contribution is 2.28. The molecule has 2 heteroatoms. The van der Waals surface area contributed by atoms with Gasteiger partial charge in [0, 0.05) is 24.0 Å². The molecule has 1 atom stereocenters. The van der Waals surface area contributed by atoms with Gasteiger partial charge in [-0.05, 0) is 45.8 Å². The third kappa shape index (κ3) is 5.12. The van der Waals surface area contributed by atoms with E-state index in [2.05, 4.69) is 82.2 Å². The molecular weight excluding hydrogens is 256 g/mol. The van der Waals surface area contributed by atoms with Gasteiger partial charge in [-0.2, -0.15) is 0 Å². The molecule has 0 aliphatic heterocycles. The molecule has 0 radical (unpaired) electrons. The van der Waals surface area contributed by atoms with Gasteiger partial charge in [0.2, 0.25) is 0 Å². The summed E-state index contributed by atoms with van der Waals surface area (Å²) in [6, 6.07) is 10.9. The number of likely N-dealkylation sites (N-methyl/N-ethyl adjacent to an activating group) is 1. The van der Waals surface area contributed by atoms with Crippen LogP contribution in [0.4, 0.5) is 0 Å². The molecule has 0 fully saturated rings. The first-order valence-electron chi connectivity index (χ1n) is 8.33. The van der Waals surface area contributed by atoms with Crippen LogP contribution in [0.2, 0.25) is 0 Å². The lowest BCUT2D eigenvalue weighted by Gasteiger charge is -2.42. The van der Waals surface area contributed by atoms with E-state index in [4.69, 9.17) is 0 Å². The monoisotopic (exact) mass is 290 g/mol. The fraction of sp³-hybridized carbons (Fsp3) is 0.684. The summed E-state index contributed by atoms with van der Waals surface area (Å²) in [5, 5.41) is 3.62. The number of nitrogens with one attached hydrogen (secondary N) is 1. The maximum absolute atomic E-state index is 3.62. The highest BCUT2D eigenvalue weighted by molar-refractivity contribution is 5.26. The molecular formula is C19H34N2. The highest BCUT2D eigenvalue weighted by Gasteiger charge is 2.32. The topological polar surface area (TPSA) is 15.3 Å². The van der Waals surface area contributed by atoms with E-state index < -0.39 is 0 Å². The maximum atomic E-state index is 3.62. The van der Waals surface area contributed by atoms with Crippen molar-refractivity contribution in [3.63, 3.8) is 0 Å². The van der Waals surface area contributed by atoms with E-state index in [1.165, 1.54) is 12.0 Å². The zero-order valence-corrected chi connectivity index (χ0v) is 14.9. The second kappa shape index (κ2) is 7.95. The zero-order valence-electron chi connectivity index (χ0n) is 14.9. The van der Waals surface area contributed by atoms with Crippen molar-refractivity contribution < 1.29 is 0 Å². The Kier molecular flexibility index (Phi) is 6.89. The van der Waals surface area contributed by atoms with Crippen LogP contribution in [0.3, 0.4) is 0 Å². The molecule has 0 saturated heterocycles. The molecule has 0 spiro atoms. The van der Waals surface area contributed by atoms with Crippen molar-refractivity contribution in [3.05, 3.63) is 35.9 Å². The van der Waals surface area contributed by atoms with Crippen LogP contribution in [-0.2, 0) is 5.41 Å². The fourth-order valence-electron chi connectivity index (χ4n) is 2.64. The van der Waals surface area contributed by atoms with Gasteiger partial charge in [0.05, 0.1) is 0 Å². The SMILES string of the molecule is CCCNCC(C)(CN(C)C(C)(C)CC)c1ccccc1. The van der Waals surface area contributed by atoms with E-state index in [0.717, 1.165) is 26.1 Å². The molecule has 0 bridgehead atoms.